The van der Waals surface area contributed by atoms with Gasteiger partial charge in [-0.05, 0) is 388 Å². The van der Waals surface area contributed by atoms with Crippen molar-refractivity contribution < 1.29 is 0 Å². The van der Waals surface area contributed by atoms with Crippen LogP contribution in [0.2, 0.25) is 0 Å². The first kappa shape index (κ1) is 95.7. The number of hydrogen-bond acceptors (Lipinski definition) is 8. The fourth-order valence-electron chi connectivity index (χ4n) is 17.2. The molecule has 0 aromatic carbocycles. The molecule has 0 aromatic rings. The Morgan fingerprint density at radius 2 is 0.571 bits per heavy atom. The molecular formula is C90H188N8. The van der Waals surface area contributed by atoms with Gasteiger partial charge in [0.1, 0.15) is 0 Å². The number of nitrogens with zero attached hydrogens (tertiary/aromatic N) is 8. The maximum Gasteiger partial charge on any atom is 0.0125 e. The predicted octanol–water partition coefficient (Wildman–Crippen LogP) is 22.6. The number of hydrogen-bond donors (Lipinski definition) is 0. The summed E-state index contributed by atoms with van der Waals surface area (Å²) in [5.74, 6) is 15.8. The van der Waals surface area contributed by atoms with Crippen molar-refractivity contribution in [1.29, 1.82) is 0 Å². The summed E-state index contributed by atoms with van der Waals surface area (Å²) in [5.41, 5.74) is 0.840. The van der Waals surface area contributed by atoms with Crippen molar-refractivity contribution in [3.8, 4) is 0 Å². The van der Waals surface area contributed by atoms with Crippen LogP contribution in [0, 0.1) is 106 Å². The van der Waals surface area contributed by atoms with Crippen LogP contribution < -0.4 is 0 Å². The molecule has 98 heavy (non-hydrogen) atoms. The van der Waals surface area contributed by atoms with Crippen LogP contribution in [0.4, 0.5) is 0 Å². The highest BCUT2D eigenvalue weighted by Crippen LogP contribution is 2.32. The van der Waals surface area contributed by atoms with Gasteiger partial charge >= 0.3 is 0 Å². The molecule has 8 fully saturated rings. The van der Waals surface area contributed by atoms with Crippen molar-refractivity contribution in [3.63, 3.8) is 0 Å². The van der Waals surface area contributed by atoms with Gasteiger partial charge in [-0.3, -0.25) is 4.90 Å². The molecule has 1 unspecified atom stereocenters. The quantitative estimate of drug-likeness (QED) is 0.142. The first-order chi connectivity index (χ1) is 45.8. The highest BCUT2D eigenvalue weighted by molar-refractivity contribution is 4.84. The van der Waals surface area contributed by atoms with E-state index in [-0.39, 0.29) is 0 Å². The zero-order valence-corrected chi connectivity index (χ0v) is 73.4. The van der Waals surface area contributed by atoms with E-state index in [2.05, 4.69) is 254 Å². The van der Waals surface area contributed by atoms with E-state index in [1.165, 1.54) is 246 Å². The zero-order valence-electron chi connectivity index (χ0n) is 73.4. The first-order valence-electron chi connectivity index (χ1n) is 43.6. The fraction of sp³-hybridized carbons (Fsp3) is 1.00. The van der Waals surface area contributed by atoms with E-state index in [4.69, 9.17) is 0 Å². The van der Waals surface area contributed by atoms with Gasteiger partial charge in [0.25, 0.3) is 0 Å². The van der Waals surface area contributed by atoms with Crippen molar-refractivity contribution in [2.75, 3.05) is 138 Å². The minimum atomic E-state index is 0.377. The van der Waals surface area contributed by atoms with Gasteiger partial charge in [0, 0.05) is 30.7 Å². The summed E-state index contributed by atoms with van der Waals surface area (Å²) in [6, 6.07) is 1.55. The van der Waals surface area contributed by atoms with E-state index in [1.54, 1.807) is 0 Å². The molecule has 588 valence electrons. The molecule has 0 saturated carbocycles. The van der Waals surface area contributed by atoms with Crippen LogP contribution in [0.5, 0.6) is 0 Å². The standard InChI is InChI=1S/C13H27N.3C12H25N.2C11H23N.C10H21N.C9H19N/c1-11(2)12-6-8-14(9-7-12)10-13(3,4)5;1-10(2)11-6-8-13(9-7-11)12(3,4)5;1-10(2)9-13-7-5-12(6-8-13)11(3)4;1-5-11(4)13-8-6-12(7-9-13)10(2)3;1-9(2)11-5-7-12(8-6-11)10(3)4;1-4-7-12-8-5-11(6-9-12)10(2)3;1-4-11-7-5-10(6-8-11)9(2)3;1-8(2)9-4-6-10(3)7-5-9/h11-12H,6-10H2,1-5H3;10-11H,6-9H2,1-5H3;2*10-12H,5-9H2,1-4H3;9-11H,5-8H2,1-4H3;10-11H,4-9H2,1-3H3;9-10H,4-8H2,1-3H3;8-9H,4-7H2,1-3H3. The largest absolute Gasteiger partial charge is 0.306 e. The lowest BCUT2D eigenvalue weighted by Gasteiger charge is -2.41. The molecule has 8 rings (SSSR count). The van der Waals surface area contributed by atoms with Crippen LogP contribution in [0.3, 0.4) is 0 Å². The molecule has 8 aliphatic heterocycles. The van der Waals surface area contributed by atoms with Crippen molar-refractivity contribution in [2.24, 2.45) is 106 Å². The molecule has 8 saturated heterocycles. The highest BCUT2D eigenvalue weighted by atomic mass is 15.2. The summed E-state index contributed by atoms with van der Waals surface area (Å²) in [6.45, 7) is 96.4. The average molecular weight is 1380 g/mol. The maximum absolute atomic E-state index is 2.65. The topological polar surface area (TPSA) is 25.9 Å². The summed E-state index contributed by atoms with van der Waals surface area (Å²) in [4.78, 5) is 20.7. The highest BCUT2D eigenvalue weighted by Gasteiger charge is 2.30. The molecule has 8 nitrogen and oxygen atoms in total. The summed E-state index contributed by atoms with van der Waals surface area (Å²) in [6.07, 6.45) is 25.3. The van der Waals surface area contributed by atoms with E-state index in [1.807, 2.05) is 0 Å². The number of likely N-dealkylation sites (tertiary alicyclic amines) is 8. The minimum Gasteiger partial charge on any atom is -0.306 e. The fourth-order valence-corrected chi connectivity index (χ4v) is 17.2. The Kier molecular flexibility index (Phi) is 50.6. The molecule has 0 N–H and O–H groups in total. The third-order valence-electron chi connectivity index (χ3n) is 25.7. The Morgan fingerprint density at radius 1 is 0.306 bits per heavy atom. The van der Waals surface area contributed by atoms with E-state index < -0.39 is 0 Å². The van der Waals surface area contributed by atoms with Gasteiger partial charge in [-0.25, -0.2) is 0 Å². The Bertz CT molecular complexity index is 1760. The second kappa shape index (κ2) is 51.8. The van der Waals surface area contributed by atoms with Gasteiger partial charge in [-0.2, -0.15) is 0 Å². The Balaban J connectivity index is 0.000000561. The third kappa shape index (κ3) is 42.7. The van der Waals surface area contributed by atoms with Gasteiger partial charge in [0.05, 0.1) is 0 Å². The van der Waals surface area contributed by atoms with Crippen LogP contribution >= 0.6 is 0 Å². The Labute approximate surface area is 620 Å². The SMILES string of the molecule is CC(C)C1CCN(C(C)(C)C)CC1.CC(C)C1CCN(C(C)C)CC1.CC(C)C1CCN(C)CC1.CC(C)C1CCN(CC(C)(C)C)CC1.CC(C)CN1CCC(C(C)C)CC1.CCC(C)N1CCC(C(C)C)CC1.CCCN1CCC(C(C)C)CC1.CCN1CCC(C(C)C)CC1. The lowest BCUT2D eigenvalue weighted by molar-refractivity contribution is 0.0754. The molecule has 0 radical (unpaired) electrons. The van der Waals surface area contributed by atoms with Crippen molar-refractivity contribution >= 4 is 0 Å². The smallest absolute Gasteiger partial charge is 0.0125 e. The molecule has 1 atom stereocenters. The molecular weight excluding hydrogens is 1190 g/mol. The molecule has 0 amide bonds. The molecule has 8 aliphatic rings. The van der Waals surface area contributed by atoms with Crippen LogP contribution in [-0.4, -0.2) is 195 Å². The Hall–Kier alpha value is -0.320. The monoisotopic (exact) mass is 1380 g/mol. The third-order valence-corrected chi connectivity index (χ3v) is 25.7. The van der Waals surface area contributed by atoms with Crippen LogP contribution in [0.15, 0.2) is 0 Å². The van der Waals surface area contributed by atoms with E-state index in [0.29, 0.717) is 11.0 Å². The van der Waals surface area contributed by atoms with Gasteiger partial charge in [0.2, 0.25) is 0 Å². The molecule has 0 aromatic heterocycles. The molecule has 0 aliphatic carbocycles. The van der Waals surface area contributed by atoms with Gasteiger partial charge in [-0.1, -0.05) is 166 Å². The average Bonchev–Trinajstić information content (AvgIpc) is 0.896. The maximum atomic E-state index is 2.65. The van der Waals surface area contributed by atoms with E-state index >= 15 is 0 Å². The van der Waals surface area contributed by atoms with E-state index in [9.17, 15) is 0 Å². The molecule has 0 bridgehead atoms. The van der Waals surface area contributed by atoms with Crippen molar-refractivity contribution in [3.05, 3.63) is 0 Å². The van der Waals surface area contributed by atoms with Crippen molar-refractivity contribution in [2.45, 2.75) is 341 Å². The predicted molar refractivity (Wildman–Crippen MR) is 443 cm³/mol. The minimum absolute atomic E-state index is 0.377. The molecule has 8 heterocycles. The second-order valence-electron chi connectivity index (χ2n) is 39.3. The molecule has 8 heteroatoms. The molecule has 0 spiro atoms. The lowest BCUT2D eigenvalue weighted by Crippen LogP contribution is -2.46. The Morgan fingerprint density at radius 3 is 0.827 bits per heavy atom. The van der Waals surface area contributed by atoms with Crippen LogP contribution in [0.25, 0.3) is 0 Å². The normalized spacial score (nSPS) is 22.6. The zero-order chi connectivity index (χ0) is 74.5. The lowest BCUT2D eigenvalue weighted by atomic mass is 9.85. The van der Waals surface area contributed by atoms with Gasteiger partial charge < -0.3 is 34.3 Å². The summed E-state index contributed by atoms with van der Waals surface area (Å²) >= 11 is 0. The summed E-state index contributed by atoms with van der Waals surface area (Å²) in [7, 11) is 2.22. The first-order valence-corrected chi connectivity index (χ1v) is 43.6. The number of rotatable bonds is 17. The van der Waals surface area contributed by atoms with Gasteiger partial charge in [-0.15, -0.1) is 0 Å². The van der Waals surface area contributed by atoms with Crippen molar-refractivity contribution in [1.82, 2.24) is 39.2 Å². The number of piperidine rings is 8. The summed E-state index contributed by atoms with van der Waals surface area (Å²) < 4.78 is 0. The van der Waals surface area contributed by atoms with Gasteiger partial charge in [0.15, 0.2) is 0 Å². The van der Waals surface area contributed by atoms with E-state index in [0.717, 1.165) is 113 Å². The van der Waals surface area contributed by atoms with Crippen LogP contribution in [0.1, 0.15) is 323 Å². The van der Waals surface area contributed by atoms with Crippen LogP contribution in [-0.2, 0) is 0 Å². The second-order valence-corrected chi connectivity index (χ2v) is 39.3. The summed E-state index contributed by atoms with van der Waals surface area (Å²) in [5, 5.41) is 0.